The van der Waals surface area contributed by atoms with E-state index < -0.39 is 5.82 Å². The molecule has 0 atom stereocenters. The lowest BCUT2D eigenvalue weighted by atomic mass is 10.0. The minimum Gasteiger partial charge on any atom is -0.506 e. The molecule has 2 N–H and O–H groups in total. The SMILES string of the molecule is C=C(C)\C=C/C(C)=N\C=C(/CCC)c1ccc(Nc2ncc(O)cc2F)cc1. The highest BCUT2D eigenvalue weighted by Crippen LogP contribution is 2.25. The summed E-state index contributed by atoms with van der Waals surface area (Å²) in [7, 11) is 0. The molecule has 0 aliphatic carbocycles. The average Bonchev–Trinajstić information content (AvgIpc) is 2.66. The van der Waals surface area contributed by atoms with Crippen LogP contribution in [0.5, 0.6) is 5.75 Å². The van der Waals surface area contributed by atoms with Gasteiger partial charge in [-0.1, -0.05) is 43.7 Å². The Morgan fingerprint density at radius 2 is 1.96 bits per heavy atom. The molecule has 0 aliphatic rings. The minimum atomic E-state index is -0.608. The lowest BCUT2D eigenvalue weighted by Gasteiger charge is -2.09. The minimum absolute atomic E-state index is 0.0689. The molecule has 28 heavy (non-hydrogen) atoms. The zero-order valence-electron chi connectivity index (χ0n) is 16.5. The third-order valence-electron chi connectivity index (χ3n) is 3.90. The van der Waals surface area contributed by atoms with Crippen LogP contribution in [-0.2, 0) is 0 Å². The standard InChI is InChI=1S/C23H26FN3O/c1-5-6-19(14-25-17(4)8-7-16(2)3)18-9-11-20(12-10-18)27-23-22(24)13-21(28)15-26-23/h7-15,28H,2,5-6H2,1,3-4H3,(H,26,27)/b8-7-,19-14+,25-17-. The van der Waals surface area contributed by atoms with Crippen molar-refractivity contribution in [3.05, 3.63) is 78.4 Å². The van der Waals surface area contributed by atoms with Gasteiger partial charge in [-0.05, 0) is 49.6 Å². The quantitative estimate of drug-likeness (QED) is 0.412. The van der Waals surface area contributed by atoms with Crippen molar-refractivity contribution >= 4 is 22.8 Å². The number of anilines is 2. The van der Waals surface area contributed by atoms with E-state index in [1.165, 1.54) is 6.20 Å². The Labute approximate surface area is 165 Å². The van der Waals surface area contributed by atoms with Gasteiger partial charge in [-0.2, -0.15) is 0 Å². The highest BCUT2D eigenvalue weighted by molar-refractivity contribution is 5.94. The summed E-state index contributed by atoms with van der Waals surface area (Å²) >= 11 is 0. The summed E-state index contributed by atoms with van der Waals surface area (Å²) in [5.74, 6) is -0.746. The maximum atomic E-state index is 13.8. The van der Waals surface area contributed by atoms with Crippen LogP contribution in [-0.4, -0.2) is 15.8 Å². The summed E-state index contributed by atoms with van der Waals surface area (Å²) in [6.45, 7) is 9.86. The van der Waals surface area contributed by atoms with Gasteiger partial charge in [0, 0.05) is 23.7 Å². The Morgan fingerprint density at radius 3 is 2.57 bits per heavy atom. The number of hydrogen-bond acceptors (Lipinski definition) is 4. The molecule has 0 fully saturated rings. The molecule has 0 amide bonds. The average molecular weight is 379 g/mol. The third-order valence-corrected chi connectivity index (χ3v) is 3.90. The monoisotopic (exact) mass is 379 g/mol. The van der Waals surface area contributed by atoms with Crippen molar-refractivity contribution in [3.8, 4) is 5.75 Å². The molecule has 0 aliphatic heterocycles. The topological polar surface area (TPSA) is 57.5 Å². The van der Waals surface area contributed by atoms with Crippen molar-refractivity contribution in [2.45, 2.75) is 33.6 Å². The fourth-order valence-corrected chi connectivity index (χ4v) is 2.46. The highest BCUT2D eigenvalue weighted by Gasteiger charge is 2.06. The van der Waals surface area contributed by atoms with Gasteiger partial charge in [-0.3, -0.25) is 4.99 Å². The van der Waals surface area contributed by atoms with Gasteiger partial charge in [0.05, 0.1) is 6.20 Å². The fourth-order valence-electron chi connectivity index (χ4n) is 2.46. The van der Waals surface area contributed by atoms with Crippen LogP contribution in [0.3, 0.4) is 0 Å². The van der Waals surface area contributed by atoms with Crippen LogP contribution >= 0.6 is 0 Å². The van der Waals surface area contributed by atoms with Crippen LogP contribution < -0.4 is 5.32 Å². The molecule has 146 valence electrons. The van der Waals surface area contributed by atoms with Crippen LogP contribution in [0.15, 0.2) is 72.0 Å². The molecule has 0 unspecified atom stereocenters. The number of benzene rings is 1. The van der Waals surface area contributed by atoms with E-state index in [4.69, 9.17) is 0 Å². The molecule has 1 heterocycles. The summed E-state index contributed by atoms with van der Waals surface area (Å²) in [4.78, 5) is 8.39. The van der Waals surface area contributed by atoms with Crippen molar-refractivity contribution in [2.24, 2.45) is 4.99 Å². The number of aromatic hydroxyl groups is 1. The number of hydrogen-bond donors (Lipinski definition) is 2. The molecule has 0 spiro atoms. The van der Waals surface area contributed by atoms with Gasteiger partial charge in [-0.25, -0.2) is 9.37 Å². The maximum Gasteiger partial charge on any atom is 0.169 e. The second kappa shape index (κ2) is 10.2. The molecule has 0 saturated heterocycles. The van der Waals surface area contributed by atoms with Crippen molar-refractivity contribution in [1.29, 1.82) is 0 Å². The fraction of sp³-hybridized carbons (Fsp3) is 0.217. The Bertz CT molecular complexity index is 912. The van der Waals surface area contributed by atoms with Gasteiger partial charge in [-0.15, -0.1) is 0 Å². The number of rotatable bonds is 8. The summed E-state index contributed by atoms with van der Waals surface area (Å²) in [5.41, 5.74) is 4.79. The predicted octanol–water partition coefficient (Wildman–Crippen LogP) is 6.40. The molecule has 0 radical (unpaired) electrons. The highest BCUT2D eigenvalue weighted by atomic mass is 19.1. The van der Waals surface area contributed by atoms with Crippen LogP contribution in [0.25, 0.3) is 5.57 Å². The van der Waals surface area contributed by atoms with E-state index >= 15 is 0 Å². The molecule has 1 aromatic heterocycles. The van der Waals surface area contributed by atoms with E-state index in [2.05, 4.69) is 28.8 Å². The Hall–Kier alpha value is -3.21. The van der Waals surface area contributed by atoms with E-state index in [0.29, 0.717) is 5.69 Å². The van der Waals surface area contributed by atoms with E-state index in [1.54, 1.807) is 0 Å². The number of halogens is 1. The van der Waals surface area contributed by atoms with Crippen LogP contribution in [0.1, 0.15) is 39.2 Å². The van der Waals surface area contributed by atoms with E-state index in [-0.39, 0.29) is 11.6 Å². The molecule has 0 bridgehead atoms. The number of pyridine rings is 1. The second-order valence-corrected chi connectivity index (χ2v) is 6.58. The van der Waals surface area contributed by atoms with Gasteiger partial charge in [0.15, 0.2) is 11.6 Å². The van der Waals surface area contributed by atoms with Gasteiger partial charge >= 0.3 is 0 Å². The smallest absolute Gasteiger partial charge is 0.169 e. The van der Waals surface area contributed by atoms with E-state index in [0.717, 1.165) is 41.3 Å². The first kappa shape index (κ1) is 21.1. The van der Waals surface area contributed by atoms with E-state index in [9.17, 15) is 9.50 Å². The molecular weight excluding hydrogens is 353 g/mol. The molecule has 4 nitrogen and oxygen atoms in total. The van der Waals surface area contributed by atoms with Crippen molar-refractivity contribution in [1.82, 2.24) is 4.98 Å². The Morgan fingerprint density at radius 1 is 1.25 bits per heavy atom. The molecular formula is C23H26FN3O. The largest absolute Gasteiger partial charge is 0.506 e. The van der Waals surface area contributed by atoms with Crippen molar-refractivity contribution < 1.29 is 9.50 Å². The second-order valence-electron chi connectivity index (χ2n) is 6.58. The first-order valence-electron chi connectivity index (χ1n) is 9.18. The lowest BCUT2D eigenvalue weighted by molar-refractivity contribution is 0.466. The van der Waals surface area contributed by atoms with Gasteiger partial charge < -0.3 is 10.4 Å². The van der Waals surface area contributed by atoms with Crippen molar-refractivity contribution in [3.63, 3.8) is 0 Å². The van der Waals surface area contributed by atoms with Crippen molar-refractivity contribution in [2.75, 3.05) is 5.32 Å². The lowest BCUT2D eigenvalue weighted by Crippen LogP contribution is -1.97. The number of nitrogens with one attached hydrogen (secondary N) is 1. The number of aliphatic imine (C=N–C) groups is 1. The first-order valence-corrected chi connectivity index (χ1v) is 9.18. The zero-order valence-corrected chi connectivity index (χ0v) is 16.5. The molecule has 5 heteroatoms. The molecule has 1 aromatic carbocycles. The maximum absolute atomic E-state index is 13.8. The number of nitrogens with zero attached hydrogens (tertiary/aromatic N) is 2. The summed E-state index contributed by atoms with van der Waals surface area (Å²) in [5, 5.41) is 12.2. The molecule has 2 aromatic rings. The van der Waals surface area contributed by atoms with Gasteiger partial charge in [0.25, 0.3) is 0 Å². The normalized spacial score (nSPS) is 12.4. The van der Waals surface area contributed by atoms with Gasteiger partial charge in [0.1, 0.15) is 5.75 Å². The number of allylic oxidation sites excluding steroid dienone is 4. The Kier molecular flexibility index (Phi) is 7.69. The molecule has 2 rings (SSSR count). The Balaban J connectivity index is 2.18. The first-order chi connectivity index (χ1) is 13.4. The van der Waals surface area contributed by atoms with Gasteiger partial charge in [0.2, 0.25) is 0 Å². The van der Waals surface area contributed by atoms with Crippen LogP contribution in [0.2, 0.25) is 0 Å². The predicted molar refractivity (Wildman–Crippen MR) is 116 cm³/mol. The third kappa shape index (κ3) is 6.50. The summed E-state index contributed by atoms with van der Waals surface area (Å²) < 4.78 is 13.8. The number of aromatic nitrogens is 1. The van der Waals surface area contributed by atoms with Crippen LogP contribution in [0, 0.1) is 5.82 Å². The zero-order chi connectivity index (χ0) is 20.5. The van der Waals surface area contributed by atoms with E-state index in [1.807, 2.05) is 56.5 Å². The summed E-state index contributed by atoms with van der Waals surface area (Å²) in [6, 6.07) is 8.69. The molecule has 0 saturated carbocycles. The summed E-state index contributed by atoms with van der Waals surface area (Å²) in [6.07, 6.45) is 8.88. The van der Waals surface area contributed by atoms with Crippen LogP contribution in [0.4, 0.5) is 15.9 Å².